The van der Waals surface area contributed by atoms with Gasteiger partial charge in [0.05, 0.1) is 23.5 Å². The fourth-order valence-electron chi connectivity index (χ4n) is 1.85. The second-order valence-corrected chi connectivity index (χ2v) is 5.77. The van der Waals surface area contributed by atoms with Gasteiger partial charge in [-0.15, -0.1) is 0 Å². The molecule has 1 heterocycles. The summed E-state index contributed by atoms with van der Waals surface area (Å²) in [5.41, 5.74) is -0.806. The Bertz CT molecular complexity index is 241. The highest BCUT2D eigenvalue weighted by Gasteiger charge is 2.49. The molecule has 0 saturated carbocycles. The van der Waals surface area contributed by atoms with E-state index in [-0.39, 0.29) is 6.10 Å². The summed E-state index contributed by atoms with van der Waals surface area (Å²) in [4.78, 5) is 0. The van der Waals surface area contributed by atoms with Crippen molar-refractivity contribution in [2.24, 2.45) is 0 Å². The summed E-state index contributed by atoms with van der Waals surface area (Å²) in [5, 5.41) is 0. The van der Waals surface area contributed by atoms with E-state index >= 15 is 0 Å². The van der Waals surface area contributed by atoms with E-state index in [0.717, 1.165) is 6.61 Å². The molecule has 0 aromatic heterocycles. The third-order valence-electron chi connectivity index (χ3n) is 3.03. The van der Waals surface area contributed by atoms with Gasteiger partial charge in [0.2, 0.25) is 5.79 Å². The SMILES string of the molecule is CCOC(C)(OCC)C([SiH3])(OCC)OCC1CO1. The maximum atomic E-state index is 5.93. The van der Waals surface area contributed by atoms with Crippen LogP contribution < -0.4 is 0 Å². The first kappa shape index (κ1) is 16.1. The van der Waals surface area contributed by atoms with Gasteiger partial charge in [-0.05, 0) is 27.7 Å². The van der Waals surface area contributed by atoms with Crippen LogP contribution in [0.4, 0.5) is 0 Å². The summed E-state index contributed by atoms with van der Waals surface area (Å²) in [7, 11) is 0.648. The van der Waals surface area contributed by atoms with Gasteiger partial charge in [0.25, 0.3) is 0 Å². The molecule has 6 heteroatoms. The van der Waals surface area contributed by atoms with Crippen LogP contribution in [0.3, 0.4) is 0 Å². The summed E-state index contributed by atoms with van der Waals surface area (Å²) < 4.78 is 28.4. The molecule has 1 aliphatic rings. The predicted octanol–water partition coefficient (Wildman–Crippen LogP) is 0.247. The quantitative estimate of drug-likeness (QED) is 0.326. The molecule has 108 valence electrons. The molecule has 2 unspecified atom stereocenters. The van der Waals surface area contributed by atoms with Crippen LogP contribution in [0.25, 0.3) is 0 Å². The lowest BCUT2D eigenvalue weighted by molar-refractivity contribution is -0.365. The van der Waals surface area contributed by atoms with Crippen molar-refractivity contribution in [1.82, 2.24) is 0 Å². The first-order valence-electron chi connectivity index (χ1n) is 6.68. The van der Waals surface area contributed by atoms with E-state index in [0.29, 0.717) is 36.7 Å². The maximum Gasteiger partial charge on any atom is 0.215 e. The number of hydrogen-bond acceptors (Lipinski definition) is 5. The van der Waals surface area contributed by atoms with Crippen molar-refractivity contribution in [3.63, 3.8) is 0 Å². The highest BCUT2D eigenvalue weighted by atomic mass is 28.1. The summed E-state index contributed by atoms with van der Waals surface area (Å²) >= 11 is 0. The largest absolute Gasteiger partial charge is 0.371 e. The zero-order chi connectivity index (χ0) is 13.6. The highest BCUT2D eigenvalue weighted by molar-refractivity contribution is 6.14. The summed E-state index contributed by atoms with van der Waals surface area (Å²) in [6.45, 7) is 10.7. The van der Waals surface area contributed by atoms with Crippen LogP contribution in [0.2, 0.25) is 0 Å². The second-order valence-electron chi connectivity index (χ2n) is 4.46. The van der Waals surface area contributed by atoms with Crippen molar-refractivity contribution in [2.75, 3.05) is 33.0 Å². The average Bonchev–Trinajstić information content (AvgIpc) is 3.11. The Kier molecular flexibility index (Phi) is 6.23. The van der Waals surface area contributed by atoms with Crippen molar-refractivity contribution >= 4 is 10.2 Å². The zero-order valence-electron chi connectivity index (χ0n) is 12.2. The van der Waals surface area contributed by atoms with Gasteiger partial charge in [-0.3, -0.25) is 0 Å². The van der Waals surface area contributed by atoms with Crippen molar-refractivity contribution in [1.29, 1.82) is 0 Å². The molecule has 0 aromatic carbocycles. The molecule has 1 aliphatic heterocycles. The number of ether oxygens (including phenoxy) is 5. The molecule has 0 bridgehead atoms. The molecule has 0 N–H and O–H groups in total. The van der Waals surface area contributed by atoms with Gasteiger partial charge >= 0.3 is 0 Å². The Labute approximate surface area is 112 Å². The molecule has 0 amide bonds. The van der Waals surface area contributed by atoms with Crippen molar-refractivity contribution < 1.29 is 23.7 Å². The molecule has 1 fully saturated rings. The molecule has 2 atom stereocenters. The lowest BCUT2D eigenvalue weighted by Crippen LogP contribution is -2.60. The molecule has 18 heavy (non-hydrogen) atoms. The van der Waals surface area contributed by atoms with Crippen molar-refractivity contribution in [3.05, 3.63) is 0 Å². The monoisotopic (exact) mass is 278 g/mol. The van der Waals surface area contributed by atoms with Crippen LogP contribution in [0.15, 0.2) is 0 Å². The molecular formula is C12H26O5Si. The third-order valence-corrected chi connectivity index (χ3v) is 4.52. The topological polar surface area (TPSA) is 49.5 Å². The molecule has 1 rings (SSSR count). The first-order chi connectivity index (χ1) is 8.51. The van der Waals surface area contributed by atoms with Crippen LogP contribution in [-0.4, -0.2) is 60.6 Å². The molecule has 5 nitrogen and oxygen atoms in total. The van der Waals surface area contributed by atoms with Crippen LogP contribution in [0.5, 0.6) is 0 Å². The standard InChI is InChI=1S/C12H26O5Si/c1-5-14-11(4,15-6-2)12(18,16-7-3)17-9-10-8-13-10/h10H,5-9H2,1-4,18H3. The fourth-order valence-corrected chi connectivity index (χ4v) is 2.59. The second kappa shape index (κ2) is 6.98. The van der Waals surface area contributed by atoms with Gasteiger partial charge in [0, 0.05) is 19.8 Å². The molecule has 0 spiro atoms. The summed E-state index contributed by atoms with van der Waals surface area (Å²) in [6.07, 6.45) is 0.200. The van der Waals surface area contributed by atoms with E-state index in [1.54, 1.807) is 0 Å². The van der Waals surface area contributed by atoms with E-state index in [2.05, 4.69) is 0 Å². The third kappa shape index (κ3) is 4.01. The average molecular weight is 278 g/mol. The van der Waals surface area contributed by atoms with Gasteiger partial charge in [0.15, 0.2) is 5.41 Å². The normalized spacial score (nSPS) is 23.0. The Balaban J connectivity index is 2.73. The smallest absolute Gasteiger partial charge is 0.215 e. The number of epoxide rings is 1. The Hall–Kier alpha value is 0.0169. The number of rotatable bonds is 10. The van der Waals surface area contributed by atoms with Crippen LogP contribution in [0, 0.1) is 0 Å². The van der Waals surface area contributed by atoms with Gasteiger partial charge in [0.1, 0.15) is 6.10 Å². The van der Waals surface area contributed by atoms with E-state index in [1.807, 2.05) is 27.7 Å². The van der Waals surface area contributed by atoms with E-state index < -0.39 is 11.2 Å². The summed E-state index contributed by atoms with van der Waals surface area (Å²) in [6, 6.07) is 0. The Morgan fingerprint density at radius 1 is 1.06 bits per heavy atom. The molecule has 0 radical (unpaired) electrons. The van der Waals surface area contributed by atoms with E-state index in [4.69, 9.17) is 23.7 Å². The molecule has 0 aromatic rings. The molecule has 1 saturated heterocycles. The van der Waals surface area contributed by atoms with Crippen molar-refractivity contribution in [2.45, 2.75) is 45.0 Å². The fraction of sp³-hybridized carbons (Fsp3) is 1.00. The predicted molar refractivity (Wildman–Crippen MR) is 71.6 cm³/mol. The van der Waals surface area contributed by atoms with E-state index in [1.165, 1.54) is 0 Å². The minimum absolute atomic E-state index is 0.200. The first-order valence-corrected chi connectivity index (χ1v) is 7.68. The lowest BCUT2D eigenvalue weighted by Gasteiger charge is -2.44. The highest BCUT2D eigenvalue weighted by Crippen LogP contribution is 2.31. The van der Waals surface area contributed by atoms with E-state index in [9.17, 15) is 0 Å². The van der Waals surface area contributed by atoms with Crippen molar-refractivity contribution in [3.8, 4) is 0 Å². The van der Waals surface area contributed by atoms with Gasteiger partial charge in [-0.2, -0.15) is 0 Å². The zero-order valence-corrected chi connectivity index (χ0v) is 14.2. The minimum Gasteiger partial charge on any atom is -0.371 e. The molecule has 0 aliphatic carbocycles. The Morgan fingerprint density at radius 2 is 1.56 bits per heavy atom. The number of hydrogen-bond donors (Lipinski definition) is 0. The van der Waals surface area contributed by atoms with Crippen LogP contribution in [0.1, 0.15) is 27.7 Å². The minimum atomic E-state index is -0.867. The van der Waals surface area contributed by atoms with Gasteiger partial charge < -0.3 is 23.7 Å². The Morgan fingerprint density at radius 3 is 1.94 bits per heavy atom. The van der Waals surface area contributed by atoms with Crippen LogP contribution >= 0.6 is 0 Å². The van der Waals surface area contributed by atoms with Crippen LogP contribution in [-0.2, 0) is 23.7 Å². The molecular weight excluding hydrogens is 252 g/mol. The lowest BCUT2D eigenvalue weighted by atomic mass is 10.3. The summed E-state index contributed by atoms with van der Waals surface area (Å²) in [5.74, 6) is -0.867. The van der Waals surface area contributed by atoms with Gasteiger partial charge in [-0.25, -0.2) is 0 Å². The maximum absolute atomic E-state index is 5.93. The van der Waals surface area contributed by atoms with Gasteiger partial charge in [-0.1, -0.05) is 0 Å².